The Bertz CT molecular complexity index is 758. The Morgan fingerprint density at radius 1 is 0.971 bits per heavy atom. The van der Waals surface area contributed by atoms with Gasteiger partial charge in [0.1, 0.15) is 11.6 Å². The second-order valence-corrected chi connectivity index (χ2v) is 7.40. The van der Waals surface area contributed by atoms with Crippen molar-refractivity contribution in [2.75, 3.05) is 46.5 Å². The number of aryl methyl sites for hydroxylation is 1. The fraction of sp³-hybridized carbons (Fsp3) is 0.481. The van der Waals surface area contributed by atoms with E-state index in [9.17, 15) is 14.0 Å². The number of methoxy groups -OCH3 is 1. The van der Waals surface area contributed by atoms with Crippen LogP contribution in [-0.2, 0) is 20.9 Å². The molecule has 2 amide bonds. The molecular formula is C27H42FN3O4. The van der Waals surface area contributed by atoms with E-state index in [2.05, 4.69) is 10.6 Å². The Balaban J connectivity index is 0.000000641. The second-order valence-electron chi connectivity index (χ2n) is 7.40. The van der Waals surface area contributed by atoms with Gasteiger partial charge < -0.3 is 25.0 Å². The molecule has 0 atom stereocenters. The molecule has 0 aliphatic carbocycles. The number of hydrogen-bond donors (Lipinski definition) is 2. The van der Waals surface area contributed by atoms with E-state index < -0.39 is 0 Å². The van der Waals surface area contributed by atoms with Crippen LogP contribution in [-0.4, -0.2) is 64.2 Å². The Morgan fingerprint density at radius 2 is 1.71 bits per heavy atom. The lowest BCUT2D eigenvalue weighted by Crippen LogP contribution is -2.32. The number of carbonyl (C=O) groups excluding carboxylic acids is 2. The van der Waals surface area contributed by atoms with Gasteiger partial charge >= 0.3 is 0 Å². The van der Waals surface area contributed by atoms with Crippen LogP contribution in [0.15, 0.2) is 48.5 Å². The quantitative estimate of drug-likeness (QED) is 0.275. The van der Waals surface area contributed by atoms with Gasteiger partial charge in [0, 0.05) is 52.4 Å². The van der Waals surface area contributed by atoms with Crippen molar-refractivity contribution >= 4 is 12.8 Å². The van der Waals surface area contributed by atoms with Gasteiger partial charge in [-0.3, -0.25) is 9.59 Å². The number of carbonyl (C=O) groups is 2. The summed E-state index contributed by atoms with van der Waals surface area (Å²) in [5, 5.41) is 5.84. The summed E-state index contributed by atoms with van der Waals surface area (Å²) in [4.78, 5) is 22.7. The first kappa shape index (κ1) is 32.0. The molecule has 2 aromatic carbocycles. The van der Waals surface area contributed by atoms with E-state index in [1.165, 1.54) is 12.1 Å². The van der Waals surface area contributed by atoms with Crippen molar-refractivity contribution in [3.8, 4) is 5.75 Å². The molecule has 0 saturated heterocycles. The summed E-state index contributed by atoms with van der Waals surface area (Å²) in [5.41, 5.74) is 2.00. The van der Waals surface area contributed by atoms with E-state index in [0.717, 1.165) is 43.5 Å². The molecular weight excluding hydrogens is 449 g/mol. The third-order valence-corrected chi connectivity index (χ3v) is 4.49. The van der Waals surface area contributed by atoms with Gasteiger partial charge in [0.25, 0.3) is 0 Å². The van der Waals surface area contributed by atoms with E-state index in [-0.39, 0.29) is 5.82 Å². The first-order valence-electron chi connectivity index (χ1n) is 12.1. The van der Waals surface area contributed by atoms with Crippen LogP contribution in [0.1, 0.15) is 37.8 Å². The van der Waals surface area contributed by atoms with Gasteiger partial charge in [-0.15, -0.1) is 0 Å². The lowest BCUT2D eigenvalue weighted by molar-refractivity contribution is -0.118. The van der Waals surface area contributed by atoms with Crippen LogP contribution in [0.25, 0.3) is 0 Å². The highest BCUT2D eigenvalue weighted by Crippen LogP contribution is 2.15. The van der Waals surface area contributed by atoms with Crippen LogP contribution in [0.4, 0.5) is 4.39 Å². The minimum Gasteiger partial charge on any atom is -0.493 e. The maximum atomic E-state index is 12.9. The van der Waals surface area contributed by atoms with Crippen molar-refractivity contribution < 1.29 is 23.5 Å². The lowest BCUT2D eigenvalue weighted by atomic mass is 10.2. The number of benzene rings is 2. The summed E-state index contributed by atoms with van der Waals surface area (Å²) in [6.07, 6.45) is 3.28. The largest absolute Gasteiger partial charge is 0.493 e. The maximum Gasteiger partial charge on any atom is 0.210 e. The van der Waals surface area contributed by atoms with Gasteiger partial charge in [0.15, 0.2) is 0 Å². The Hall–Kier alpha value is -2.97. The zero-order valence-corrected chi connectivity index (χ0v) is 21.6. The molecule has 0 fully saturated rings. The zero-order valence-electron chi connectivity index (χ0n) is 21.6. The van der Waals surface area contributed by atoms with Crippen LogP contribution >= 0.6 is 0 Å². The number of nitrogens with zero attached hydrogens (tertiary/aromatic N) is 1. The van der Waals surface area contributed by atoms with Crippen molar-refractivity contribution in [1.29, 1.82) is 0 Å². The molecule has 0 heterocycles. The van der Waals surface area contributed by atoms with Gasteiger partial charge in [0.05, 0.1) is 6.61 Å². The highest BCUT2D eigenvalue weighted by molar-refractivity contribution is 5.47. The summed E-state index contributed by atoms with van der Waals surface area (Å²) in [5.74, 6) is 0.324. The molecule has 7 nitrogen and oxygen atoms in total. The molecule has 0 saturated carbocycles. The fourth-order valence-electron chi connectivity index (χ4n) is 2.89. The van der Waals surface area contributed by atoms with E-state index >= 15 is 0 Å². The van der Waals surface area contributed by atoms with Crippen molar-refractivity contribution in [3.05, 3.63) is 65.5 Å². The fourth-order valence-corrected chi connectivity index (χ4v) is 2.89. The predicted octanol–water partition coefficient (Wildman–Crippen LogP) is 3.95. The van der Waals surface area contributed by atoms with E-state index in [1.54, 1.807) is 12.0 Å². The summed E-state index contributed by atoms with van der Waals surface area (Å²) < 4.78 is 23.1. The summed E-state index contributed by atoms with van der Waals surface area (Å²) in [7, 11) is 1.65. The third-order valence-electron chi connectivity index (χ3n) is 4.49. The van der Waals surface area contributed by atoms with Crippen LogP contribution in [0, 0.1) is 12.7 Å². The summed E-state index contributed by atoms with van der Waals surface area (Å²) in [6, 6.07) is 14.6. The van der Waals surface area contributed by atoms with Crippen molar-refractivity contribution in [2.24, 2.45) is 0 Å². The number of halogens is 1. The van der Waals surface area contributed by atoms with E-state index in [1.807, 2.05) is 57.2 Å². The van der Waals surface area contributed by atoms with Gasteiger partial charge in [-0.2, -0.15) is 0 Å². The average Bonchev–Trinajstić information content (AvgIpc) is 2.87. The molecule has 0 spiro atoms. The summed E-state index contributed by atoms with van der Waals surface area (Å²) >= 11 is 0. The zero-order chi connectivity index (χ0) is 26.2. The molecule has 8 heteroatoms. The third kappa shape index (κ3) is 18.1. The Labute approximate surface area is 210 Å². The first-order chi connectivity index (χ1) is 17.1. The van der Waals surface area contributed by atoms with Gasteiger partial charge in [0.2, 0.25) is 12.8 Å². The normalized spacial score (nSPS) is 9.63. The number of amides is 2. The molecule has 0 unspecified atom stereocenters. The molecule has 2 N–H and O–H groups in total. The highest BCUT2D eigenvalue weighted by atomic mass is 19.1. The monoisotopic (exact) mass is 491 g/mol. The van der Waals surface area contributed by atoms with Gasteiger partial charge in [-0.25, -0.2) is 4.39 Å². The number of ether oxygens (including phenoxy) is 2. The van der Waals surface area contributed by atoms with Crippen LogP contribution in [0.5, 0.6) is 5.75 Å². The van der Waals surface area contributed by atoms with Gasteiger partial charge in [-0.05, 0) is 43.1 Å². The molecule has 0 aliphatic heterocycles. The molecule has 0 aliphatic rings. The van der Waals surface area contributed by atoms with Crippen LogP contribution in [0.2, 0.25) is 0 Å². The Kier molecular flexibility index (Phi) is 20.9. The molecule has 2 aromatic rings. The molecule has 0 aromatic heterocycles. The van der Waals surface area contributed by atoms with E-state index in [0.29, 0.717) is 45.0 Å². The minimum absolute atomic E-state index is 0.258. The summed E-state index contributed by atoms with van der Waals surface area (Å²) in [6.45, 7) is 10.6. The van der Waals surface area contributed by atoms with Crippen molar-refractivity contribution in [1.82, 2.24) is 15.5 Å². The van der Waals surface area contributed by atoms with Crippen LogP contribution < -0.4 is 15.4 Å². The Morgan fingerprint density at radius 3 is 2.34 bits per heavy atom. The van der Waals surface area contributed by atoms with Crippen molar-refractivity contribution in [3.63, 3.8) is 0 Å². The maximum absolute atomic E-state index is 12.9. The second kappa shape index (κ2) is 22.8. The van der Waals surface area contributed by atoms with E-state index in [4.69, 9.17) is 9.47 Å². The first-order valence-corrected chi connectivity index (χ1v) is 12.1. The lowest BCUT2D eigenvalue weighted by Gasteiger charge is -2.17. The molecule has 35 heavy (non-hydrogen) atoms. The molecule has 0 bridgehead atoms. The molecule has 2 rings (SSSR count). The molecule has 196 valence electrons. The number of hydrogen-bond acceptors (Lipinski definition) is 5. The predicted molar refractivity (Wildman–Crippen MR) is 139 cm³/mol. The van der Waals surface area contributed by atoms with Crippen molar-refractivity contribution in [2.45, 2.75) is 40.2 Å². The highest BCUT2D eigenvalue weighted by Gasteiger charge is 2.02. The SMILES string of the molecule is CC.COCCCOc1cc(C)cc(F)c1.O=CNCCCNCCN(C=O)Cc1ccccc1. The smallest absolute Gasteiger partial charge is 0.210 e. The number of nitrogens with one attached hydrogen (secondary N) is 2. The minimum atomic E-state index is -0.258. The van der Waals surface area contributed by atoms with Gasteiger partial charge in [-0.1, -0.05) is 44.2 Å². The molecule has 0 radical (unpaired) electrons. The van der Waals surface area contributed by atoms with Crippen LogP contribution in [0.3, 0.4) is 0 Å². The average molecular weight is 492 g/mol. The standard InChI is InChI=1S/C14H21N3O2.C11H15FO2.C2H6/c18-12-16-8-4-7-15-9-10-17(13-19)11-14-5-2-1-3-6-14;1-9-6-10(12)8-11(7-9)14-5-3-4-13-2;1-2/h1-3,5-6,12-13,15H,4,7-11H2,(H,16,18);6-8H,3-5H2,1-2H3;1-2H3. The topological polar surface area (TPSA) is 79.9 Å². The number of rotatable bonds is 16.